The van der Waals surface area contributed by atoms with Crippen molar-refractivity contribution in [2.75, 3.05) is 11.1 Å². The third kappa shape index (κ3) is 5.27. The Kier molecular flexibility index (Phi) is 6.74. The third-order valence-electron chi connectivity index (χ3n) is 4.57. The molecule has 0 atom stereocenters. The minimum atomic E-state index is -0.280. The molecule has 4 aromatic rings. The summed E-state index contributed by atoms with van der Waals surface area (Å²) in [6.07, 6.45) is 0. The average molecular weight is 483 g/mol. The normalized spacial score (nSPS) is 10.8. The van der Waals surface area contributed by atoms with Crippen molar-refractivity contribution in [2.45, 2.75) is 19.0 Å². The first-order valence-corrected chi connectivity index (χ1v) is 11.9. The molecular formula is C23H19ClN4O2S2. The Hall–Kier alpha value is -2.94. The second-order valence-corrected chi connectivity index (χ2v) is 9.41. The lowest BCUT2D eigenvalue weighted by Gasteiger charge is -2.07. The molecule has 2 aromatic carbocycles. The Morgan fingerprint density at radius 2 is 1.91 bits per heavy atom. The molecule has 1 amide bonds. The fraction of sp³-hybridized carbons (Fsp3) is 0.130. The molecule has 0 radical (unpaired) electrons. The number of amides is 1. The van der Waals surface area contributed by atoms with Crippen LogP contribution in [-0.4, -0.2) is 26.6 Å². The lowest BCUT2D eigenvalue weighted by molar-refractivity contribution is -0.113. The first kappa shape index (κ1) is 22.3. The van der Waals surface area contributed by atoms with Gasteiger partial charge in [0.25, 0.3) is 5.56 Å². The molecule has 9 heteroatoms. The van der Waals surface area contributed by atoms with E-state index in [9.17, 15) is 9.59 Å². The fourth-order valence-electron chi connectivity index (χ4n) is 2.96. The van der Waals surface area contributed by atoms with Crippen molar-refractivity contribution in [2.24, 2.45) is 0 Å². The topological polar surface area (TPSA) is 87.7 Å². The number of H-pyrrole nitrogens is 1. The van der Waals surface area contributed by atoms with Crippen molar-refractivity contribution in [3.63, 3.8) is 0 Å². The second kappa shape index (κ2) is 9.68. The molecule has 0 aliphatic heterocycles. The van der Waals surface area contributed by atoms with Crippen LogP contribution in [0.1, 0.15) is 11.3 Å². The van der Waals surface area contributed by atoms with Crippen LogP contribution in [0.4, 0.5) is 5.69 Å². The Bertz CT molecular complexity index is 1340. The second-order valence-electron chi connectivity index (χ2n) is 7.04. The van der Waals surface area contributed by atoms with Gasteiger partial charge in [0.1, 0.15) is 5.01 Å². The number of thioether (sulfide) groups is 1. The van der Waals surface area contributed by atoms with Crippen LogP contribution >= 0.6 is 34.7 Å². The highest BCUT2D eigenvalue weighted by molar-refractivity contribution is 7.99. The molecule has 0 spiro atoms. The van der Waals surface area contributed by atoms with Crippen LogP contribution in [0.5, 0.6) is 0 Å². The van der Waals surface area contributed by atoms with E-state index >= 15 is 0 Å². The summed E-state index contributed by atoms with van der Waals surface area (Å²) in [4.78, 5) is 37.3. The minimum absolute atomic E-state index is 0.0921. The molecule has 32 heavy (non-hydrogen) atoms. The summed E-state index contributed by atoms with van der Waals surface area (Å²) >= 11 is 8.75. The predicted octanol–water partition coefficient (Wildman–Crippen LogP) is 5.56. The number of hydrogen-bond donors (Lipinski definition) is 2. The maximum absolute atomic E-state index is 12.3. The van der Waals surface area contributed by atoms with Gasteiger partial charge >= 0.3 is 0 Å². The summed E-state index contributed by atoms with van der Waals surface area (Å²) in [6, 6.07) is 16.7. The first-order chi connectivity index (χ1) is 15.4. The van der Waals surface area contributed by atoms with Crippen molar-refractivity contribution in [1.29, 1.82) is 0 Å². The van der Waals surface area contributed by atoms with Gasteiger partial charge in [-0.15, -0.1) is 11.3 Å². The van der Waals surface area contributed by atoms with E-state index in [1.54, 1.807) is 12.1 Å². The summed E-state index contributed by atoms with van der Waals surface area (Å²) in [5.41, 5.74) is 3.63. The number of nitrogens with one attached hydrogen (secondary N) is 2. The average Bonchev–Trinajstić information content (AvgIpc) is 3.17. The van der Waals surface area contributed by atoms with Gasteiger partial charge in [0, 0.05) is 22.3 Å². The number of halogens is 1. The number of anilines is 1. The number of aromatic amines is 1. The highest BCUT2D eigenvalue weighted by Crippen LogP contribution is 2.34. The standard InChI is InChI=1S/C23H19ClN4O2S2/c1-13-8-9-16(10-17(13)24)26-20(30)12-31-23-27-18(11-19(29)28-23)21-14(2)25-22(32-21)15-6-4-3-5-7-15/h3-11H,12H2,1-2H3,(H,26,30)(H,27,28,29). The highest BCUT2D eigenvalue weighted by atomic mass is 35.5. The van der Waals surface area contributed by atoms with E-state index in [2.05, 4.69) is 20.3 Å². The summed E-state index contributed by atoms with van der Waals surface area (Å²) < 4.78 is 0. The highest BCUT2D eigenvalue weighted by Gasteiger charge is 2.15. The van der Waals surface area contributed by atoms with Crippen LogP contribution in [0.2, 0.25) is 5.02 Å². The lowest BCUT2D eigenvalue weighted by Crippen LogP contribution is -2.15. The predicted molar refractivity (Wildman–Crippen MR) is 132 cm³/mol. The zero-order valence-electron chi connectivity index (χ0n) is 17.3. The van der Waals surface area contributed by atoms with Gasteiger partial charge in [0.15, 0.2) is 5.16 Å². The maximum Gasteiger partial charge on any atom is 0.252 e. The van der Waals surface area contributed by atoms with Crippen LogP contribution in [0.25, 0.3) is 21.1 Å². The number of aryl methyl sites for hydroxylation is 2. The fourth-order valence-corrected chi connectivity index (χ4v) is 4.85. The van der Waals surface area contributed by atoms with E-state index in [-0.39, 0.29) is 17.2 Å². The number of carbonyl (C=O) groups is 1. The zero-order chi connectivity index (χ0) is 22.7. The van der Waals surface area contributed by atoms with Crippen LogP contribution in [0, 0.1) is 13.8 Å². The summed E-state index contributed by atoms with van der Waals surface area (Å²) in [6.45, 7) is 3.79. The SMILES string of the molecule is Cc1ccc(NC(=O)CSc2nc(-c3sc(-c4ccccc4)nc3C)cc(=O)[nH]2)cc1Cl. The van der Waals surface area contributed by atoms with Crippen LogP contribution in [0.15, 0.2) is 64.5 Å². The maximum atomic E-state index is 12.3. The van der Waals surface area contributed by atoms with Gasteiger partial charge in [0.2, 0.25) is 5.91 Å². The first-order valence-electron chi connectivity index (χ1n) is 9.72. The molecule has 4 rings (SSSR count). The zero-order valence-corrected chi connectivity index (χ0v) is 19.7. The summed E-state index contributed by atoms with van der Waals surface area (Å²) in [5.74, 6) is -0.127. The number of rotatable bonds is 6. The molecule has 2 N–H and O–H groups in total. The van der Waals surface area contributed by atoms with Gasteiger partial charge in [0.05, 0.1) is 22.0 Å². The van der Waals surface area contributed by atoms with Gasteiger partial charge in [-0.2, -0.15) is 0 Å². The molecule has 2 heterocycles. The Morgan fingerprint density at radius 3 is 2.66 bits per heavy atom. The van der Waals surface area contributed by atoms with E-state index in [1.807, 2.05) is 50.2 Å². The Balaban J connectivity index is 1.50. The van der Waals surface area contributed by atoms with Crippen molar-refractivity contribution < 1.29 is 4.79 Å². The van der Waals surface area contributed by atoms with Crippen molar-refractivity contribution >= 4 is 46.3 Å². The number of nitrogens with zero attached hydrogens (tertiary/aromatic N) is 2. The van der Waals surface area contributed by atoms with E-state index in [1.165, 1.54) is 17.4 Å². The molecule has 2 aromatic heterocycles. The summed E-state index contributed by atoms with van der Waals surface area (Å²) in [7, 11) is 0. The molecule has 0 aliphatic rings. The number of thiazole rings is 1. The van der Waals surface area contributed by atoms with E-state index < -0.39 is 0 Å². The van der Waals surface area contributed by atoms with Crippen molar-refractivity contribution in [3.8, 4) is 21.1 Å². The van der Waals surface area contributed by atoms with Crippen LogP contribution in [0.3, 0.4) is 0 Å². The number of aromatic nitrogens is 3. The largest absolute Gasteiger partial charge is 0.325 e. The smallest absolute Gasteiger partial charge is 0.252 e. The number of hydrogen-bond acceptors (Lipinski definition) is 6. The van der Waals surface area contributed by atoms with Gasteiger partial charge in [-0.1, -0.05) is 59.8 Å². The lowest BCUT2D eigenvalue weighted by atomic mass is 10.2. The van der Waals surface area contributed by atoms with E-state index in [0.29, 0.717) is 21.6 Å². The number of benzene rings is 2. The minimum Gasteiger partial charge on any atom is -0.325 e. The van der Waals surface area contributed by atoms with Gasteiger partial charge in [-0.3, -0.25) is 9.59 Å². The summed E-state index contributed by atoms with van der Waals surface area (Å²) in [5, 5.41) is 4.63. The Morgan fingerprint density at radius 1 is 1.12 bits per heavy atom. The molecule has 0 aliphatic carbocycles. The Labute approximate surface area is 198 Å². The van der Waals surface area contributed by atoms with Gasteiger partial charge in [-0.25, -0.2) is 9.97 Å². The van der Waals surface area contributed by atoms with Crippen LogP contribution in [-0.2, 0) is 4.79 Å². The molecule has 0 saturated carbocycles. The van der Waals surface area contributed by atoms with Crippen molar-refractivity contribution in [1.82, 2.24) is 15.0 Å². The quantitative estimate of drug-likeness (QED) is 0.277. The third-order valence-corrected chi connectivity index (χ3v) is 7.08. The van der Waals surface area contributed by atoms with Crippen LogP contribution < -0.4 is 10.9 Å². The van der Waals surface area contributed by atoms with Gasteiger partial charge < -0.3 is 10.3 Å². The molecule has 0 bridgehead atoms. The number of carbonyl (C=O) groups excluding carboxylic acids is 1. The molecule has 0 unspecified atom stereocenters. The molecule has 6 nitrogen and oxygen atoms in total. The monoisotopic (exact) mass is 482 g/mol. The molecule has 162 valence electrons. The molecular weight excluding hydrogens is 464 g/mol. The van der Waals surface area contributed by atoms with Crippen molar-refractivity contribution in [3.05, 3.63) is 81.2 Å². The van der Waals surface area contributed by atoms with Gasteiger partial charge in [-0.05, 0) is 31.5 Å². The van der Waals surface area contributed by atoms with E-state index in [0.717, 1.165) is 38.5 Å². The van der Waals surface area contributed by atoms with E-state index in [4.69, 9.17) is 11.6 Å². The molecule has 0 saturated heterocycles. The molecule has 0 fully saturated rings.